The van der Waals surface area contributed by atoms with Crippen molar-refractivity contribution < 1.29 is 64.3 Å². The molecule has 0 aliphatic carbocycles. The van der Waals surface area contributed by atoms with E-state index < -0.39 is 79.9 Å². The first-order chi connectivity index (χ1) is 12.9. The Morgan fingerprint density at radius 2 is 1.71 bits per heavy atom. The molecule has 1 rings (SSSR count). The van der Waals surface area contributed by atoms with E-state index >= 15 is 0 Å². The van der Waals surface area contributed by atoms with Crippen LogP contribution in [0.2, 0.25) is 0 Å². The molecule has 28 heavy (non-hydrogen) atoms. The normalized spacial score (nSPS) is 32.1. The van der Waals surface area contributed by atoms with Gasteiger partial charge in [0.05, 0.1) is 6.61 Å². The number of hydrogen-bond acceptors (Lipinski definition) is 14. The molecule has 0 saturated carbocycles. The number of carbonyl (C=O) groups is 3. The summed E-state index contributed by atoms with van der Waals surface area (Å²) in [6, 6.07) is -1.46. The van der Waals surface area contributed by atoms with Crippen LogP contribution in [0.1, 0.15) is 19.8 Å². The average molecular weight is 413 g/mol. The van der Waals surface area contributed by atoms with Gasteiger partial charge in [-0.25, -0.2) is 19.4 Å². The summed E-state index contributed by atoms with van der Waals surface area (Å²) in [5, 5.41) is 56.9. The van der Waals surface area contributed by atoms with Crippen LogP contribution in [-0.2, 0) is 33.6 Å². The number of rotatable bonds is 7. The zero-order valence-corrected chi connectivity index (χ0v) is 14.7. The zero-order valence-electron chi connectivity index (χ0n) is 14.7. The molecule has 0 aromatic rings. The fraction of sp³-hybridized carbons (Fsp3) is 0.786. The second kappa shape index (κ2) is 10.0. The zero-order chi connectivity index (χ0) is 21.6. The van der Waals surface area contributed by atoms with Crippen molar-refractivity contribution >= 4 is 17.9 Å². The van der Waals surface area contributed by atoms with Crippen molar-refractivity contribution in [2.45, 2.75) is 62.3 Å². The Kier molecular flexibility index (Phi) is 8.65. The third-order valence-electron chi connectivity index (χ3n) is 3.70. The monoisotopic (exact) mass is 413 g/mol. The van der Waals surface area contributed by atoms with Gasteiger partial charge in [-0.05, 0) is 13.3 Å². The number of esters is 1. The summed E-state index contributed by atoms with van der Waals surface area (Å²) in [5.41, 5.74) is 5.42. The van der Waals surface area contributed by atoms with E-state index in [1.54, 1.807) is 0 Å². The molecule has 0 spiro atoms. The third kappa shape index (κ3) is 6.05. The van der Waals surface area contributed by atoms with Crippen molar-refractivity contribution in [3.05, 3.63) is 0 Å². The molecule has 0 bridgehead atoms. The summed E-state index contributed by atoms with van der Waals surface area (Å²) < 4.78 is 9.27. The Labute approximate surface area is 157 Å². The van der Waals surface area contributed by atoms with E-state index in [-0.39, 0.29) is 0 Å². The van der Waals surface area contributed by atoms with Crippen LogP contribution < -0.4 is 5.73 Å². The summed E-state index contributed by atoms with van der Waals surface area (Å²) >= 11 is 0. The van der Waals surface area contributed by atoms with Crippen LogP contribution in [0.25, 0.3) is 0 Å². The predicted molar refractivity (Wildman–Crippen MR) is 82.1 cm³/mol. The van der Waals surface area contributed by atoms with Crippen molar-refractivity contribution in [2.24, 2.45) is 5.73 Å². The van der Waals surface area contributed by atoms with E-state index in [0.29, 0.717) is 0 Å². The maximum Gasteiger partial charge on any atom is 0.383 e. The van der Waals surface area contributed by atoms with Gasteiger partial charge in [0.25, 0.3) is 0 Å². The van der Waals surface area contributed by atoms with Crippen LogP contribution in [0, 0.1) is 0 Å². The van der Waals surface area contributed by atoms with E-state index in [1.165, 1.54) is 0 Å². The van der Waals surface area contributed by atoms with E-state index in [4.69, 9.17) is 20.7 Å². The molecule has 0 aromatic heterocycles. The lowest BCUT2D eigenvalue weighted by atomic mass is 9.98. The molecule has 0 amide bonds. The van der Waals surface area contributed by atoms with E-state index in [1.807, 2.05) is 0 Å². The highest BCUT2D eigenvalue weighted by Gasteiger charge is 2.55. The second-order valence-corrected chi connectivity index (χ2v) is 6.00. The Hall–Kier alpha value is -1.91. The van der Waals surface area contributed by atoms with Crippen LogP contribution in [-0.4, -0.2) is 97.7 Å². The summed E-state index contributed by atoms with van der Waals surface area (Å²) in [6.07, 6.45) is -10.1. The molecule has 7 unspecified atom stereocenters. The van der Waals surface area contributed by atoms with Gasteiger partial charge >= 0.3 is 23.9 Å². The van der Waals surface area contributed by atoms with E-state index in [2.05, 4.69) is 14.5 Å². The van der Waals surface area contributed by atoms with Crippen LogP contribution >= 0.6 is 0 Å². The van der Waals surface area contributed by atoms with Crippen molar-refractivity contribution in [1.29, 1.82) is 0 Å². The molecule has 162 valence electrons. The molecule has 14 nitrogen and oxygen atoms in total. The van der Waals surface area contributed by atoms with Crippen molar-refractivity contribution in [2.75, 3.05) is 6.61 Å². The minimum Gasteiger partial charge on any atom is -0.406 e. The summed E-state index contributed by atoms with van der Waals surface area (Å²) in [6.45, 7) is 0.197. The molecular formula is C14H23NO13. The maximum absolute atomic E-state index is 11.8. The average Bonchev–Trinajstić information content (AvgIpc) is 2.64. The molecule has 0 aromatic carbocycles. The summed E-state index contributed by atoms with van der Waals surface area (Å²) in [4.78, 5) is 42.3. The number of carbonyl (C=O) groups excluding carboxylic acids is 3. The first kappa shape index (κ1) is 24.1. The Morgan fingerprint density at radius 1 is 1.14 bits per heavy atom. The fourth-order valence-electron chi connectivity index (χ4n) is 2.03. The fourth-order valence-corrected chi connectivity index (χ4v) is 2.03. The van der Waals surface area contributed by atoms with Gasteiger partial charge in [-0.3, -0.25) is 4.79 Å². The molecule has 1 heterocycles. The molecule has 7 atom stereocenters. The van der Waals surface area contributed by atoms with E-state index in [9.17, 15) is 34.8 Å². The van der Waals surface area contributed by atoms with Gasteiger partial charge in [0, 0.05) is 6.42 Å². The minimum absolute atomic E-state index is 0.412. The molecule has 1 saturated heterocycles. The quantitative estimate of drug-likeness (QED) is 0.0897. The predicted octanol–water partition coefficient (Wildman–Crippen LogP) is -4.86. The number of hydrogen-bond donors (Lipinski definition) is 7. The Bertz CT molecular complexity index is 567. The first-order valence-corrected chi connectivity index (χ1v) is 8.05. The highest BCUT2D eigenvalue weighted by molar-refractivity contribution is 5.79. The Morgan fingerprint density at radius 3 is 2.25 bits per heavy atom. The minimum atomic E-state index is -3.07. The lowest BCUT2D eigenvalue weighted by molar-refractivity contribution is -0.434. The highest BCUT2D eigenvalue weighted by Crippen LogP contribution is 2.29. The number of aliphatic hydroxyl groups excluding tert-OH is 5. The first-order valence-electron chi connectivity index (χ1n) is 8.05. The van der Waals surface area contributed by atoms with Crippen LogP contribution in [0.15, 0.2) is 0 Å². The van der Waals surface area contributed by atoms with Gasteiger partial charge < -0.3 is 45.8 Å². The van der Waals surface area contributed by atoms with Gasteiger partial charge in [0.2, 0.25) is 0 Å². The number of nitrogens with two attached hydrogens (primary N) is 1. The lowest BCUT2D eigenvalue weighted by Crippen LogP contribution is -2.66. The second-order valence-electron chi connectivity index (χ2n) is 6.00. The van der Waals surface area contributed by atoms with E-state index in [0.717, 1.165) is 6.92 Å². The number of aliphatic hydroxyl groups is 6. The molecular weight excluding hydrogens is 390 g/mol. The molecule has 14 heteroatoms. The van der Waals surface area contributed by atoms with Gasteiger partial charge in [-0.2, -0.15) is 0 Å². The highest BCUT2D eigenvalue weighted by atomic mass is 17.2. The lowest BCUT2D eigenvalue weighted by Gasteiger charge is -2.43. The third-order valence-corrected chi connectivity index (χ3v) is 3.70. The topological polar surface area (TPSA) is 236 Å². The van der Waals surface area contributed by atoms with Crippen LogP contribution in [0.5, 0.6) is 0 Å². The molecule has 1 aliphatic heterocycles. The summed E-state index contributed by atoms with van der Waals surface area (Å²) in [7, 11) is 0. The van der Waals surface area contributed by atoms with Crippen molar-refractivity contribution in [3.8, 4) is 0 Å². The largest absolute Gasteiger partial charge is 0.406 e. The van der Waals surface area contributed by atoms with Crippen LogP contribution in [0.3, 0.4) is 0 Å². The van der Waals surface area contributed by atoms with Gasteiger partial charge in [-0.15, -0.1) is 0 Å². The smallest absolute Gasteiger partial charge is 0.383 e. The molecule has 0 radical (unpaired) electrons. The van der Waals surface area contributed by atoms with Gasteiger partial charge in [-0.1, -0.05) is 0 Å². The van der Waals surface area contributed by atoms with Crippen molar-refractivity contribution in [1.82, 2.24) is 0 Å². The van der Waals surface area contributed by atoms with Crippen molar-refractivity contribution in [3.63, 3.8) is 0 Å². The number of ether oxygens (including phenoxy) is 2. The van der Waals surface area contributed by atoms with Crippen LogP contribution in [0.4, 0.5) is 0 Å². The maximum atomic E-state index is 11.8. The standard InChI is InChI=1S/C14H23NO13/c1-5(17)12(22)27-28-13(23)6(15)2-3-8(18)26-14(24)11(21)10(20)9(19)7(4-16)25-14/h5-7,9-11,16-17,19-21,24H,2-4,15H2,1H3. The van der Waals surface area contributed by atoms with Gasteiger partial charge in [0.15, 0.2) is 12.2 Å². The molecule has 1 fully saturated rings. The summed E-state index contributed by atoms with van der Waals surface area (Å²) in [5.74, 6) is -6.79. The Balaban J connectivity index is 2.54. The molecule has 1 aliphatic rings. The van der Waals surface area contributed by atoms with Gasteiger partial charge in [0.1, 0.15) is 24.4 Å². The SMILES string of the molecule is CC(O)C(=O)OOC(=O)C(N)CCC(=O)OC1(O)OC(CO)C(O)C(O)C1O. The molecule has 8 N–H and O–H groups in total.